The number of piperidine rings is 1. The maximum Gasteiger partial charge on any atom is 0.279 e. The van der Waals surface area contributed by atoms with Crippen molar-refractivity contribution >= 4 is 20.0 Å². The van der Waals surface area contributed by atoms with Crippen molar-refractivity contribution < 1.29 is 16.8 Å². The van der Waals surface area contributed by atoms with Crippen molar-refractivity contribution in [3.05, 3.63) is 29.8 Å². The van der Waals surface area contributed by atoms with Crippen molar-refractivity contribution in [2.45, 2.75) is 43.7 Å². The first-order valence-corrected chi connectivity index (χ1v) is 10.6. The Hall–Kier alpha value is -0.960. The van der Waals surface area contributed by atoms with Crippen LogP contribution in [0.1, 0.15) is 31.7 Å². The van der Waals surface area contributed by atoms with Gasteiger partial charge in [-0.25, -0.2) is 8.42 Å². The van der Waals surface area contributed by atoms with Crippen LogP contribution in [0.25, 0.3) is 0 Å². The van der Waals surface area contributed by atoms with E-state index < -0.39 is 20.0 Å². The lowest BCUT2D eigenvalue weighted by Crippen LogP contribution is -2.47. The first-order chi connectivity index (χ1) is 10.2. The summed E-state index contributed by atoms with van der Waals surface area (Å²) in [6.45, 7) is 2.61. The second-order valence-electron chi connectivity index (χ2n) is 5.70. The summed E-state index contributed by atoms with van der Waals surface area (Å²) in [6, 6.07) is 6.24. The van der Waals surface area contributed by atoms with Crippen LogP contribution in [0.5, 0.6) is 0 Å². The summed E-state index contributed by atoms with van der Waals surface area (Å²) in [4.78, 5) is 0.226. The van der Waals surface area contributed by atoms with Crippen molar-refractivity contribution in [2.75, 3.05) is 12.8 Å². The third-order valence-electron chi connectivity index (χ3n) is 3.86. The molecule has 2 rings (SSSR count). The molecule has 0 aromatic heterocycles. The number of nitrogens with one attached hydrogen (secondary N) is 1. The first-order valence-electron chi connectivity index (χ1n) is 7.25. The molecule has 1 aromatic rings. The van der Waals surface area contributed by atoms with E-state index in [4.69, 9.17) is 0 Å². The molecule has 124 valence electrons. The molecule has 8 heteroatoms. The maximum atomic E-state index is 12.3. The fraction of sp³-hybridized carbons (Fsp3) is 0.571. The Morgan fingerprint density at radius 3 is 2.32 bits per heavy atom. The van der Waals surface area contributed by atoms with Crippen LogP contribution in [0, 0.1) is 0 Å². The number of benzene rings is 1. The normalized spacial score (nSPS) is 20.9. The Kier molecular flexibility index (Phi) is 5.26. The predicted molar refractivity (Wildman–Crippen MR) is 85.3 cm³/mol. The minimum Gasteiger partial charge on any atom is -0.224 e. The van der Waals surface area contributed by atoms with Gasteiger partial charge in [-0.15, -0.1) is 0 Å². The van der Waals surface area contributed by atoms with Crippen LogP contribution in [0.3, 0.4) is 0 Å². The van der Waals surface area contributed by atoms with Gasteiger partial charge in [0.15, 0.2) is 9.84 Å². The summed E-state index contributed by atoms with van der Waals surface area (Å²) in [6.07, 6.45) is 3.96. The molecule has 1 aliphatic heterocycles. The fourth-order valence-corrected chi connectivity index (χ4v) is 4.63. The predicted octanol–water partition coefficient (Wildman–Crippen LogP) is 1.30. The molecule has 1 N–H and O–H groups in total. The third kappa shape index (κ3) is 4.28. The van der Waals surface area contributed by atoms with Crippen molar-refractivity contribution in [1.29, 1.82) is 0 Å². The van der Waals surface area contributed by atoms with Crippen LogP contribution in [0.4, 0.5) is 0 Å². The van der Waals surface area contributed by atoms with Crippen LogP contribution in [0.15, 0.2) is 29.2 Å². The van der Waals surface area contributed by atoms with Crippen molar-refractivity contribution in [3.63, 3.8) is 0 Å². The molecule has 1 aromatic carbocycles. The van der Waals surface area contributed by atoms with E-state index in [0.29, 0.717) is 6.54 Å². The highest BCUT2D eigenvalue weighted by atomic mass is 32.2. The third-order valence-corrected chi connectivity index (χ3v) is 6.66. The topological polar surface area (TPSA) is 83.6 Å². The highest BCUT2D eigenvalue weighted by Crippen LogP contribution is 2.19. The summed E-state index contributed by atoms with van der Waals surface area (Å²) in [5.41, 5.74) is 0.723. The lowest BCUT2D eigenvalue weighted by molar-refractivity contribution is 0.265. The summed E-state index contributed by atoms with van der Waals surface area (Å²) in [5, 5.41) is 0. The van der Waals surface area contributed by atoms with Crippen LogP contribution in [0.2, 0.25) is 0 Å². The van der Waals surface area contributed by atoms with E-state index in [1.807, 2.05) is 6.92 Å². The lowest BCUT2D eigenvalue weighted by atomic mass is 10.1. The molecule has 1 saturated heterocycles. The van der Waals surface area contributed by atoms with Gasteiger partial charge in [-0.05, 0) is 37.5 Å². The number of hydrogen-bond donors (Lipinski definition) is 1. The van der Waals surface area contributed by atoms with E-state index in [0.717, 1.165) is 31.1 Å². The Morgan fingerprint density at radius 2 is 1.77 bits per heavy atom. The van der Waals surface area contributed by atoms with Gasteiger partial charge in [-0.3, -0.25) is 0 Å². The Morgan fingerprint density at radius 1 is 1.14 bits per heavy atom. The first kappa shape index (κ1) is 17.4. The maximum absolute atomic E-state index is 12.3. The second kappa shape index (κ2) is 6.66. The molecule has 1 unspecified atom stereocenters. The van der Waals surface area contributed by atoms with Gasteiger partial charge in [0.25, 0.3) is 10.2 Å². The average Bonchev–Trinajstić information content (AvgIpc) is 2.45. The zero-order chi connectivity index (χ0) is 16.4. The molecule has 22 heavy (non-hydrogen) atoms. The molecule has 6 nitrogen and oxygen atoms in total. The number of sulfone groups is 1. The van der Waals surface area contributed by atoms with Gasteiger partial charge >= 0.3 is 0 Å². The Bertz CT molecular complexity index is 712. The van der Waals surface area contributed by atoms with E-state index in [9.17, 15) is 16.8 Å². The van der Waals surface area contributed by atoms with Gasteiger partial charge in [-0.2, -0.15) is 17.4 Å². The summed E-state index contributed by atoms with van der Waals surface area (Å²) >= 11 is 0. The van der Waals surface area contributed by atoms with Crippen molar-refractivity contribution in [1.82, 2.24) is 9.03 Å². The molecule has 0 bridgehead atoms. The van der Waals surface area contributed by atoms with Gasteiger partial charge < -0.3 is 0 Å². The van der Waals surface area contributed by atoms with E-state index >= 15 is 0 Å². The van der Waals surface area contributed by atoms with Crippen molar-refractivity contribution in [2.24, 2.45) is 0 Å². The molecule has 0 radical (unpaired) electrons. The van der Waals surface area contributed by atoms with E-state index in [2.05, 4.69) is 4.72 Å². The fourth-order valence-electron chi connectivity index (χ4n) is 2.54. The largest absolute Gasteiger partial charge is 0.279 e. The smallest absolute Gasteiger partial charge is 0.224 e. The number of hydrogen-bond acceptors (Lipinski definition) is 4. The zero-order valence-electron chi connectivity index (χ0n) is 12.8. The van der Waals surface area contributed by atoms with Gasteiger partial charge in [0.05, 0.1) is 4.90 Å². The molecule has 0 spiro atoms. The molecule has 1 heterocycles. The molecule has 0 amide bonds. The van der Waals surface area contributed by atoms with E-state index in [1.54, 1.807) is 12.1 Å². The Labute approximate surface area is 132 Å². The van der Waals surface area contributed by atoms with Crippen LogP contribution >= 0.6 is 0 Å². The van der Waals surface area contributed by atoms with Crippen LogP contribution < -0.4 is 4.72 Å². The van der Waals surface area contributed by atoms with Gasteiger partial charge in [0.2, 0.25) is 0 Å². The molecule has 1 atom stereocenters. The van der Waals surface area contributed by atoms with Crippen molar-refractivity contribution in [3.8, 4) is 0 Å². The minimum atomic E-state index is -3.50. The lowest BCUT2D eigenvalue weighted by Gasteiger charge is -2.32. The SMILES string of the molecule is CC1CCCCN1S(=O)(=O)NCc1ccc(S(C)(=O)=O)cc1. The molecule has 0 aliphatic carbocycles. The molecule has 1 fully saturated rings. The van der Waals surface area contributed by atoms with Gasteiger partial charge in [0, 0.05) is 25.4 Å². The average molecular weight is 346 g/mol. The second-order valence-corrected chi connectivity index (χ2v) is 9.42. The minimum absolute atomic E-state index is 0.0128. The molecular formula is C14H22N2O4S2. The van der Waals surface area contributed by atoms with Gasteiger partial charge in [-0.1, -0.05) is 18.6 Å². The highest BCUT2D eigenvalue weighted by molar-refractivity contribution is 7.90. The van der Waals surface area contributed by atoms with E-state index in [-0.39, 0.29) is 17.5 Å². The van der Waals surface area contributed by atoms with Crippen LogP contribution in [-0.4, -0.2) is 40.0 Å². The summed E-state index contributed by atoms with van der Waals surface area (Å²) < 4.78 is 51.5. The zero-order valence-corrected chi connectivity index (χ0v) is 14.5. The standard InChI is InChI=1S/C14H22N2O4S2/c1-12-5-3-4-10-16(12)22(19,20)15-11-13-6-8-14(9-7-13)21(2,17)18/h6-9,12,15H,3-5,10-11H2,1-2H3. The van der Waals surface area contributed by atoms with E-state index in [1.165, 1.54) is 16.4 Å². The monoisotopic (exact) mass is 346 g/mol. The summed E-state index contributed by atoms with van der Waals surface area (Å²) in [7, 11) is -6.74. The highest BCUT2D eigenvalue weighted by Gasteiger charge is 2.28. The van der Waals surface area contributed by atoms with Crippen LogP contribution in [-0.2, 0) is 26.6 Å². The number of nitrogens with zero attached hydrogens (tertiary/aromatic N) is 1. The molecule has 0 saturated carbocycles. The number of rotatable bonds is 5. The molecular weight excluding hydrogens is 324 g/mol. The Balaban J connectivity index is 2.03. The molecule has 1 aliphatic rings. The quantitative estimate of drug-likeness (QED) is 0.871. The summed E-state index contributed by atoms with van der Waals surface area (Å²) in [5.74, 6) is 0. The van der Waals surface area contributed by atoms with Gasteiger partial charge in [0.1, 0.15) is 0 Å².